The number of nitrogen functional groups attached to an aromatic ring is 1. The number of rotatable bonds is 2. The molecule has 0 bridgehead atoms. The van der Waals surface area contributed by atoms with E-state index in [0.717, 1.165) is 11.3 Å². The quantitative estimate of drug-likeness (QED) is 0.631. The Kier molecular flexibility index (Phi) is 3.20. The van der Waals surface area contributed by atoms with E-state index in [1.807, 2.05) is 29.2 Å². The summed E-state index contributed by atoms with van der Waals surface area (Å²) in [5.74, 6) is 1.41. The average Bonchev–Trinajstić information content (AvgIpc) is 2.69. The van der Waals surface area contributed by atoms with Crippen LogP contribution in [0.3, 0.4) is 0 Å². The van der Waals surface area contributed by atoms with Crippen molar-refractivity contribution < 1.29 is 4.74 Å². The molecule has 1 aromatic carbocycles. The third-order valence-electron chi connectivity index (χ3n) is 3.15. The molecule has 6 heteroatoms. The second-order valence-corrected chi connectivity index (χ2v) is 4.53. The number of hydrogen-bond donors (Lipinski definition) is 2. The van der Waals surface area contributed by atoms with Gasteiger partial charge in [-0.05, 0) is 12.1 Å². The van der Waals surface area contributed by atoms with Gasteiger partial charge in [0.15, 0.2) is 0 Å². The highest BCUT2D eigenvalue weighted by Gasteiger charge is 2.17. The van der Waals surface area contributed by atoms with Gasteiger partial charge in [-0.3, -0.25) is 5.41 Å². The van der Waals surface area contributed by atoms with Gasteiger partial charge < -0.3 is 15.4 Å². The molecular weight excluding hydrogens is 254 g/mol. The minimum atomic E-state index is -0.0554. The minimum Gasteiger partial charge on any atom is -0.491 e. The van der Waals surface area contributed by atoms with Gasteiger partial charge in [-0.1, -0.05) is 18.2 Å². The fourth-order valence-electron chi connectivity index (χ4n) is 2.15. The first-order valence-electron chi connectivity index (χ1n) is 6.37. The van der Waals surface area contributed by atoms with Crippen LogP contribution in [0.15, 0.2) is 36.5 Å². The number of nitrogens with two attached hydrogens (primary N) is 1. The van der Waals surface area contributed by atoms with Crippen LogP contribution in [-0.4, -0.2) is 29.0 Å². The van der Waals surface area contributed by atoms with Crippen LogP contribution in [0.5, 0.6) is 5.75 Å². The van der Waals surface area contributed by atoms with Crippen LogP contribution >= 0.6 is 0 Å². The Hall–Kier alpha value is -2.63. The Bertz CT molecular complexity index is 643. The molecular formula is C14H15N5O. The lowest BCUT2D eigenvalue weighted by atomic mass is 10.2. The van der Waals surface area contributed by atoms with E-state index in [2.05, 4.69) is 9.97 Å². The maximum atomic E-state index is 7.45. The highest BCUT2D eigenvalue weighted by Crippen LogP contribution is 2.24. The van der Waals surface area contributed by atoms with Crippen molar-refractivity contribution in [2.75, 3.05) is 18.1 Å². The Labute approximate surface area is 116 Å². The number of amidine groups is 1. The predicted octanol–water partition coefficient (Wildman–Crippen LogP) is 1.16. The van der Waals surface area contributed by atoms with Gasteiger partial charge in [-0.2, -0.15) is 0 Å². The van der Waals surface area contributed by atoms with Crippen molar-refractivity contribution in [3.63, 3.8) is 0 Å². The first-order valence-corrected chi connectivity index (χ1v) is 6.37. The van der Waals surface area contributed by atoms with Gasteiger partial charge in [0.05, 0.1) is 6.54 Å². The van der Waals surface area contributed by atoms with Gasteiger partial charge in [-0.25, -0.2) is 9.97 Å². The van der Waals surface area contributed by atoms with E-state index in [1.165, 1.54) is 0 Å². The zero-order valence-electron chi connectivity index (χ0n) is 10.9. The van der Waals surface area contributed by atoms with Crippen LogP contribution in [0, 0.1) is 5.41 Å². The fraction of sp³-hybridized carbons (Fsp3) is 0.214. The molecule has 2 heterocycles. The van der Waals surface area contributed by atoms with Crippen molar-refractivity contribution in [3.8, 4) is 5.75 Å². The van der Waals surface area contributed by atoms with E-state index in [1.54, 1.807) is 12.3 Å². The van der Waals surface area contributed by atoms with Crippen LogP contribution in [-0.2, 0) is 6.54 Å². The van der Waals surface area contributed by atoms with Crippen LogP contribution < -0.4 is 15.4 Å². The number of anilines is 1. The molecule has 0 unspecified atom stereocenters. The monoisotopic (exact) mass is 269 g/mol. The summed E-state index contributed by atoms with van der Waals surface area (Å²) < 4.78 is 5.71. The molecule has 20 heavy (non-hydrogen) atoms. The SMILES string of the molecule is N=C(N)c1ccnc(N2CCOc3ccccc3C2)n1. The van der Waals surface area contributed by atoms with E-state index in [9.17, 15) is 0 Å². The van der Waals surface area contributed by atoms with Crippen molar-refractivity contribution in [2.24, 2.45) is 5.73 Å². The zero-order valence-corrected chi connectivity index (χ0v) is 10.9. The van der Waals surface area contributed by atoms with Gasteiger partial charge in [0.1, 0.15) is 23.9 Å². The molecule has 102 valence electrons. The molecule has 1 aliphatic heterocycles. The Morgan fingerprint density at radius 3 is 3.00 bits per heavy atom. The maximum Gasteiger partial charge on any atom is 0.226 e. The number of nitrogens with zero attached hydrogens (tertiary/aromatic N) is 3. The molecule has 0 radical (unpaired) electrons. The van der Waals surface area contributed by atoms with Crippen molar-refractivity contribution in [2.45, 2.75) is 6.54 Å². The molecule has 0 amide bonds. The first kappa shape index (κ1) is 12.4. The summed E-state index contributed by atoms with van der Waals surface area (Å²) in [5.41, 5.74) is 7.01. The molecule has 2 aromatic rings. The summed E-state index contributed by atoms with van der Waals surface area (Å²) in [4.78, 5) is 10.6. The summed E-state index contributed by atoms with van der Waals surface area (Å²) in [7, 11) is 0. The van der Waals surface area contributed by atoms with E-state index in [0.29, 0.717) is 31.3 Å². The summed E-state index contributed by atoms with van der Waals surface area (Å²) >= 11 is 0. The molecule has 1 aliphatic rings. The summed E-state index contributed by atoms with van der Waals surface area (Å²) in [6, 6.07) is 9.57. The molecule has 0 saturated heterocycles. The van der Waals surface area contributed by atoms with Crippen molar-refractivity contribution >= 4 is 11.8 Å². The van der Waals surface area contributed by atoms with Crippen LogP contribution in [0.4, 0.5) is 5.95 Å². The first-order chi connectivity index (χ1) is 9.74. The molecule has 1 aromatic heterocycles. The molecule has 3 rings (SSSR count). The lowest BCUT2D eigenvalue weighted by molar-refractivity contribution is 0.331. The maximum absolute atomic E-state index is 7.45. The van der Waals surface area contributed by atoms with Crippen molar-refractivity contribution in [1.29, 1.82) is 5.41 Å². The van der Waals surface area contributed by atoms with E-state index >= 15 is 0 Å². The summed E-state index contributed by atoms with van der Waals surface area (Å²) in [6.07, 6.45) is 1.62. The molecule has 6 nitrogen and oxygen atoms in total. The molecule has 0 atom stereocenters. The standard InChI is InChI=1S/C14H15N5O/c15-13(16)11-5-6-17-14(18-11)19-7-8-20-12-4-2-1-3-10(12)9-19/h1-6H,7-9H2,(H3,15,16). The highest BCUT2D eigenvalue weighted by molar-refractivity contribution is 5.93. The molecule has 0 saturated carbocycles. The molecule has 0 aliphatic carbocycles. The number of aromatic nitrogens is 2. The Morgan fingerprint density at radius 2 is 2.15 bits per heavy atom. The Balaban J connectivity index is 1.91. The minimum absolute atomic E-state index is 0.0554. The van der Waals surface area contributed by atoms with Gasteiger partial charge in [0.2, 0.25) is 5.95 Å². The average molecular weight is 269 g/mol. The van der Waals surface area contributed by atoms with E-state index in [4.69, 9.17) is 15.9 Å². The number of ether oxygens (including phenoxy) is 1. The fourth-order valence-corrected chi connectivity index (χ4v) is 2.15. The lowest BCUT2D eigenvalue weighted by Gasteiger charge is -2.19. The highest BCUT2D eigenvalue weighted by atomic mass is 16.5. The molecule has 0 fully saturated rings. The van der Waals surface area contributed by atoms with Gasteiger partial charge in [0, 0.05) is 18.3 Å². The van der Waals surface area contributed by atoms with Crippen LogP contribution in [0.1, 0.15) is 11.3 Å². The third kappa shape index (κ3) is 2.40. The van der Waals surface area contributed by atoms with Crippen LogP contribution in [0.2, 0.25) is 0 Å². The van der Waals surface area contributed by atoms with E-state index in [-0.39, 0.29) is 5.84 Å². The smallest absolute Gasteiger partial charge is 0.226 e. The topological polar surface area (TPSA) is 88.1 Å². The Morgan fingerprint density at radius 1 is 1.30 bits per heavy atom. The van der Waals surface area contributed by atoms with Crippen molar-refractivity contribution in [1.82, 2.24) is 9.97 Å². The van der Waals surface area contributed by atoms with Gasteiger partial charge >= 0.3 is 0 Å². The number of benzene rings is 1. The van der Waals surface area contributed by atoms with Crippen molar-refractivity contribution in [3.05, 3.63) is 47.8 Å². The lowest BCUT2D eigenvalue weighted by Crippen LogP contribution is -2.28. The number of hydrogen-bond acceptors (Lipinski definition) is 5. The predicted molar refractivity (Wildman–Crippen MR) is 76.0 cm³/mol. The molecule has 0 spiro atoms. The number of para-hydroxylation sites is 1. The third-order valence-corrected chi connectivity index (χ3v) is 3.15. The number of nitrogens with one attached hydrogen (secondary N) is 1. The normalized spacial score (nSPS) is 14.1. The van der Waals surface area contributed by atoms with E-state index < -0.39 is 0 Å². The largest absolute Gasteiger partial charge is 0.491 e. The van der Waals surface area contributed by atoms with Crippen LogP contribution in [0.25, 0.3) is 0 Å². The second kappa shape index (κ2) is 5.16. The summed E-state index contributed by atoms with van der Waals surface area (Å²) in [6.45, 7) is 1.94. The summed E-state index contributed by atoms with van der Waals surface area (Å²) in [5, 5.41) is 7.45. The molecule has 3 N–H and O–H groups in total. The second-order valence-electron chi connectivity index (χ2n) is 4.53. The number of fused-ring (bicyclic) bond motifs is 1. The zero-order chi connectivity index (χ0) is 13.9. The van der Waals surface area contributed by atoms with Gasteiger partial charge in [-0.15, -0.1) is 0 Å². The van der Waals surface area contributed by atoms with Gasteiger partial charge in [0.25, 0.3) is 0 Å².